The first-order chi connectivity index (χ1) is 9.60. The quantitative estimate of drug-likeness (QED) is 0.815. The van der Waals surface area contributed by atoms with Crippen LogP contribution < -0.4 is 10.6 Å². The van der Waals surface area contributed by atoms with Gasteiger partial charge < -0.3 is 10.6 Å². The summed E-state index contributed by atoms with van der Waals surface area (Å²) in [6.07, 6.45) is 6.90. The van der Waals surface area contributed by atoms with Crippen LogP contribution in [-0.2, 0) is 4.79 Å². The number of nitrogens with one attached hydrogen (secondary N) is 2. The van der Waals surface area contributed by atoms with Crippen molar-refractivity contribution in [1.82, 2.24) is 10.3 Å². The number of carbonyl (C=O) groups excluding carboxylic acids is 1. The Balaban J connectivity index is 1.58. The molecule has 108 valence electrons. The first kappa shape index (κ1) is 14.3. The summed E-state index contributed by atoms with van der Waals surface area (Å²) in [4.78, 5) is 16.2. The molecule has 2 aliphatic heterocycles. The lowest BCUT2D eigenvalue weighted by Crippen LogP contribution is -2.39. The molecule has 2 unspecified atom stereocenters. The minimum atomic E-state index is 0.0260. The van der Waals surface area contributed by atoms with Crippen LogP contribution in [0.15, 0.2) is 16.7 Å². The highest BCUT2D eigenvalue weighted by Crippen LogP contribution is 2.33. The molecule has 4 nitrogen and oxygen atoms in total. The average Bonchev–Trinajstić information content (AvgIpc) is 2.73. The molecule has 1 aromatic heterocycles. The maximum Gasteiger partial charge on any atom is 0.224 e. The highest BCUT2D eigenvalue weighted by Gasteiger charge is 2.34. The second-order valence-corrected chi connectivity index (χ2v) is 6.99. The molecule has 1 amide bonds. The number of nitrogens with zero attached hydrogens (tertiary/aromatic N) is 1. The van der Waals surface area contributed by atoms with Crippen molar-refractivity contribution in [2.24, 2.45) is 5.92 Å². The van der Waals surface area contributed by atoms with Crippen molar-refractivity contribution in [3.63, 3.8) is 0 Å². The second-order valence-electron chi connectivity index (χ2n) is 5.72. The molecule has 2 saturated heterocycles. The van der Waals surface area contributed by atoms with Crippen LogP contribution in [0.25, 0.3) is 0 Å². The lowest BCUT2D eigenvalue weighted by molar-refractivity contribution is -0.117. The maximum absolute atomic E-state index is 12.1. The summed E-state index contributed by atoms with van der Waals surface area (Å²) in [5, 5.41) is 6.78. The molecule has 2 atom stereocenters. The summed E-state index contributed by atoms with van der Waals surface area (Å²) >= 11 is 9.31. The zero-order chi connectivity index (χ0) is 14.1. The van der Waals surface area contributed by atoms with E-state index in [2.05, 4.69) is 31.5 Å². The average molecular weight is 359 g/mol. The molecule has 2 N–H and O–H groups in total. The van der Waals surface area contributed by atoms with Gasteiger partial charge in [-0.25, -0.2) is 4.98 Å². The van der Waals surface area contributed by atoms with Crippen LogP contribution in [0, 0.1) is 5.92 Å². The van der Waals surface area contributed by atoms with Crippen LogP contribution in [0.1, 0.15) is 32.1 Å². The van der Waals surface area contributed by atoms with Crippen molar-refractivity contribution in [2.45, 2.75) is 44.2 Å². The third-order valence-electron chi connectivity index (χ3n) is 4.12. The fourth-order valence-corrected chi connectivity index (χ4v) is 3.80. The standard InChI is InChI=1S/C14H17BrClN3O/c15-9-6-12(14(16)17-7-9)19-13(20)5-8-3-10-1-2-11(4-8)18-10/h6-8,10-11,18H,1-5H2,(H,19,20). The van der Waals surface area contributed by atoms with Crippen molar-refractivity contribution >= 4 is 39.1 Å². The molecule has 2 bridgehead atoms. The Labute approximate surface area is 131 Å². The predicted octanol–water partition coefficient (Wildman–Crippen LogP) is 3.36. The zero-order valence-electron chi connectivity index (χ0n) is 11.0. The monoisotopic (exact) mass is 357 g/mol. The number of piperidine rings is 1. The molecule has 3 heterocycles. The van der Waals surface area contributed by atoms with Gasteiger partial charge >= 0.3 is 0 Å². The predicted molar refractivity (Wildman–Crippen MR) is 82.9 cm³/mol. The van der Waals surface area contributed by atoms with Crippen molar-refractivity contribution < 1.29 is 4.79 Å². The Morgan fingerprint density at radius 3 is 2.85 bits per heavy atom. The van der Waals surface area contributed by atoms with E-state index < -0.39 is 0 Å². The Bertz CT molecular complexity index is 513. The Morgan fingerprint density at radius 2 is 2.15 bits per heavy atom. The lowest BCUT2D eigenvalue weighted by Gasteiger charge is -2.28. The molecule has 20 heavy (non-hydrogen) atoms. The topological polar surface area (TPSA) is 54.0 Å². The number of fused-ring (bicyclic) bond motifs is 2. The van der Waals surface area contributed by atoms with Gasteiger partial charge in [-0.2, -0.15) is 0 Å². The van der Waals surface area contributed by atoms with Gasteiger partial charge in [0.25, 0.3) is 0 Å². The summed E-state index contributed by atoms with van der Waals surface area (Å²) < 4.78 is 0.803. The number of anilines is 1. The Kier molecular flexibility index (Phi) is 4.29. The van der Waals surface area contributed by atoms with E-state index >= 15 is 0 Å². The SMILES string of the molecule is O=C(CC1CC2CCC(C1)N2)Nc1cc(Br)cnc1Cl. The number of amides is 1. The van der Waals surface area contributed by atoms with Crippen LogP contribution in [-0.4, -0.2) is 23.0 Å². The molecule has 6 heteroatoms. The molecule has 2 fully saturated rings. The largest absolute Gasteiger partial charge is 0.323 e. The summed E-state index contributed by atoms with van der Waals surface area (Å²) in [5.74, 6) is 0.505. The molecule has 1 aromatic rings. The number of hydrogen-bond acceptors (Lipinski definition) is 3. The van der Waals surface area contributed by atoms with Gasteiger partial charge in [0.2, 0.25) is 5.91 Å². The van der Waals surface area contributed by atoms with Crippen LogP contribution in [0.2, 0.25) is 5.15 Å². The number of carbonyl (C=O) groups is 1. The maximum atomic E-state index is 12.1. The minimum Gasteiger partial charge on any atom is -0.323 e. The smallest absolute Gasteiger partial charge is 0.224 e. The van der Waals surface area contributed by atoms with Gasteiger partial charge in [0.1, 0.15) is 0 Å². The van der Waals surface area contributed by atoms with Gasteiger partial charge in [-0.3, -0.25) is 4.79 Å². The van der Waals surface area contributed by atoms with E-state index in [-0.39, 0.29) is 5.91 Å². The number of hydrogen-bond donors (Lipinski definition) is 2. The van der Waals surface area contributed by atoms with Crippen LogP contribution in [0.3, 0.4) is 0 Å². The molecule has 0 radical (unpaired) electrons. The fourth-order valence-electron chi connectivity index (χ4n) is 3.32. The summed E-state index contributed by atoms with van der Waals surface area (Å²) in [6, 6.07) is 3.00. The second kappa shape index (κ2) is 6.00. The van der Waals surface area contributed by atoms with Crippen molar-refractivity contribution in [1.29, 1.82) is 0 Å². The lowest BCUT2D eigenvalue weighted by atomic mass is 9.89. The van der Waals surface area contributed by atoms with Gasteiger partial charge in [0, 0.05) is 29.2 Å². The van der Waals surface area contributed by atoms with Gasteiger partial charge in [0.15, 0.2) is 5.15 Å². The van der Waals surface area contributed by atoms with E-state index in [1.807, 2.05) is 0 Å². The van der Waals surface area contributed by atoms with Crippen molar-refractivity contribution in [3.8, 4) is 0 Å². The molecule has 0 saturated carbocycles. The third kappa shape index (κ3) is 3.32. The molecule has 0 aliphatic carbocycles. The van der Waals surface area contributed by atoms with Gasteiger partial charge in [-0.15, -0.1) is 0 Å². The minimum absolute atomic E-state index is 0.0260. The number of halogens is 2. The van der Waals surface area contributed by atoms with E-state index in [4.69, 9.17) is 11.6 Å². The highest BCUT2D eigenvalue weighted by atomic mass is 79.9. The van der Waals surface area contributed by atoms with E-state index in [1.165, 1.54) is 12.8 Å². The summed E-state index contributed by atoms with van der Waals surface area (Å²) in [6.45, 7) is 0. The normalized spacial score (nSPS) is 28.4. The molecular weight excluding hydrogens is 342 g/mol. The molecule has 0 spiro atoms. The Morgan fingerprint density at radius 1 is 1.45 bits per heavy atom. The number of aromatic nitrogens is 1. The van der Waals surface area contributed by atoms with E-state index in [1.54, 1.807) is 12.3 Å². The number of pyridine rings is 1. The summed E-state index contributed by atoms with van der Waals surface area (Å²) in [5.41, 5.74) is 0.572. The van der Waals surface area contributed by atoms with E-state index in [9.17, 15) is 4.79 Å². The van der Waals surface area contributed by atoms with Crippen LogP contribution in [0.4, 0.5) is 5.69 Å². The summed E-state index contributed by atoms with van der Waals surface area (Å²) in [7, 11) is 0. The van der Waals surface area contributed by atoms with Gasteiger partial charge in [-0.1, -0.05) is 11.6 Å². The molecule has 3 rings (SSSR count). The first-order valence-corrected chi connectivity index (χ1v) is 8.14. The van der Waals surface area contributed by atoms with E-state index in [0.29, 0.717) is 35.3 Å². The van der Waals surface area contributed by atoms with Crippen LogP contribution >= 0.6 is 27.5 Å². The van der Waals surface area contributed by atoms with Crippen molar-refractivity contribution in [3.05, 3.63) is 21.9 Å². The third-order valence-corrected chi connectivity index (χ3v) is 4.86. The van der Waals surface area contributed by atoms with E-state index in [0.717, 1.165) is 17.3 Å². The number of rotatable bonds is 3. The zero-order valence-corrected chi connectivity index (χ0v) is 13.4. The van der Waals surface area contributed by atoms with Gasteiger partial charge in [0.05, 0.1) is 5.69 Å². The van der Waals surface area contributed by atoms with Crippen LogP contribution in [0.5, 0.6) is 0 Å². The van der Waals surface area contributed by atoms with Crippen molar-refractivity contribution in [2.75, 3.05) is 5.32 Å². The first-order valence-electron chi connectivity index (χ1n) is 6.97. The highest BCUT2D eigenvalue weighted by molar-refractivity contribution is 9.10. The Hall–Kier alpha value is -0.650. The molecular formula is C14H17BrClN3O. The molecule has 0 aromatic carbocycles. The van der Waals surface area contributed by atoms with Gasteiger partial charge in [-0.05, 0) is 53.6 Å². The fraction of sp³-hybridized carbons (Fsp3) is 0.571. The molecule has 2 aliphatic rings.